The van der Waals surface area contributed by atoms with Gasteiger partial charge in [0.05, 0.1) is 12.1 Å². The molecule has 0 aromatic heterocycles. The van der Waals surface area contributed by atoms with Gasteiger partial charge in [-0.1, -0.05) is 0 Å². The van der Waals surface area contributed by atoms with Crippen LogP contribution in [-0.4, -0.2) is 74.4 Å². The van der Waals surface area contributed by atoms with Crippen LogP contribution in [0.3, 0.4) is 0 Å². The van der Waals surface area contributed by atoms with Crippen LogP contribution in [0.2, 0.25) is 0 Å². The van der Waals surface area contributed by atoms with Gasteiger partial charge >= 0.3 is 0 Å². The van der Waals surface area contributed by atoms with Crippen LogP contribution in [0.4, 0.5) is 0 Å². The van der Waals surface area contributed by atoms with Crippen LogP contribution in [0.25, 0.3) is 0 Å². The molecular formula is C11H24IN3O2. The Kier molecular flexibility index (Phi) is 7.34. The van der Waals surface area contributed by atoms with Crippen molar-refractivity contribution in [3.8, 4) is 0 Å². The lowest BCUT2D eigenvalue weighted by atomic mass is 9.95. The highest BCUT2D eigenvalue weighted by atomic mass is 127. The average Bonchev–Trinajstić information content (AvgIpc) is 2.17. The van der Waals surface area contributed by atoms with Gasteiger partial charge in [0.25, 0.3) is 0 Å². The van der Waals surface area contributed by atoms with Gasteiger partial charge in [-0.25, -0.2) is 4.99 Å². The van der Waals surface area contributed by atoms with Crippen molar-refractivity contribution in [3.05, 3.63) is 0 Å². The third-order valence-corrected chi connectivity index (χ3v) is 2.74. The summed E-state index contributed by atoms with van der Waals surface area (Å²) >= 11 is 0. The monoisotopic (exact) mass is 357 g/mol. The van der Waals surface area contributed by atoms with Crippen LogP contribution < -0.4 is 0 Å². The van der Waals surface area contributed by atoms with Crippen molar-refractivity contribution in [2.24, 2.45) is 4.99 Å². The number of ether oxygens (including phenoxy) is 1. The van der Waals surface area contributed by atoms with Gasteiger partial charge in [0, 0.05) is 54.2 Å². The molecule has 1 saturated heterocycles. The minimum absolute atomic E-state index is 0. The fourth-order valence-corrected chi connectivity index (χ4v) is 1.81. The standard InChI is InChI=1S/C11H23N3O2.HI/c1-13(2)10(14(3)4)12-9-11(15)5-7-16-8-6-11;/h15H,5-9H2,1-4H3;1H. The molecule has 5 nitrogen and oxygen atoms in total. The molecule has 0 bridgehead atoms. The fourth-order valence-electron chi connectivity index (χ4n) is 1.81. The Bertz CT molecular complexity index is 241. The highest BCUT2D eigenvalue weighted by molar-refractivity contribution is 14.0. The second-order valence-electron chi connectivity index (χ2n) is 4.74. The third kappa shape index (κ3) is 5.39. The van der Waals surface area contributed by atoms with Crippen molar-refractivity contribution in [1.29, 1.82) is 0 Å². The minimum Gasteiger partial charge on any atom is -0.388 e. The molecule has 0 amide bonds. The first-order valence-electron chi connectivity index (χ1n) is 5.64. The number of guanidine groups is 1. The molecule has 0 unspecified atom stereocenters. The van der Waals surface area contributed by atoms with Gasteiger partial charge in [0.2, 0.25) is 0 Å². The van der Waals surface area contributed by atoms with Gasteiger partial charge in [0.15, 0.2) is 5.96 Å². The predicted octanol–water partition coefficient (Wildman–Crippen LogP) is 0.625. The topological polar surface area (TPSA) is 48.3 Å². The van der Waals surface area contributed by atoms with Crippen LogP contribution in [0.15, 0.2) is 4.99 Å². The molecule has 1 aliphatic heterocycles. The van der Waals surface area contributed by atoms with Gasteiger partial charge in [0.1, 0.15) is 0 Å². The molecule has 1 N–H and O–H groups in total. The van der Waals surface area contributed by atoms with Gasteiger partial charge < -0.3 is 19.6 Å². The Morgan fingerprint density at radius 3 is 2.06 bits per heavy atom. The van der Waals surface area contributed by atoms with Crippen LogP contribution in [0.5, 0.6) is 0 Å². The van der Waals surface area contributed by atoms with E-state index in [0.717, 1.165) is 5.96 Å². The van der Waals surface area contributed by atoms with Gasteiger partial charge in [-0.05, 0) is 0 Å². The predicted molar refractivity (Wildman–Crippen MR) is 80.1 cm³/mol. The van der Waals surface area contributed by atoms with E-state index in [1.54, 1.807) is 0 Å². The Balaban J connectivity index is 0.00000256. The first-order chi connectivity index (χ1) is 7.44. The number of aliphatic hydroxyl groups is 1. The number of halogens is 1. The Morgan fingerprint density at radius 2 is 1.65 bits per heavy atom. The largest absolute Gasteiger partial charge is 0.388 e. The van der Waals surface area contributed by atoms with E-state index >= 15 is 0 Å². The molecule has 1 rings (SSSR count). The van der Waals surface area contributed by atoms with E-state index in [9.17, 15) is 5.11 Å². The van der Waals surface area contributed by atoms with Gasteiger partial charge in [-0.15, -0.1) is 24.0 Å². The lowest BCUT2D eigenvalue weighted by Crippen LogP contribution is -2.41. The van der Waals surface area contributed by atoms with E-state index < -0.39 is 5.60 Å². The summed E-state index contributed by atoms with van der Waals surface area (Å²) in [6.07, 6.45) is 1.34. The molecular weight excluding hydrogens is 333 g/mol. The van der Waals surface area contributed by atoms with E-state index in [2.05, 4.69) is 4.99 Å². The lowest BCUT2D eigenvalue weighted by molar-refractivity contribution is -0.0567. The van der Waals surface area contributed by atoms with Gasteiger partial charge in [-0.2, -0.15) is 0 Å². The number of hydrogen-bond acceptors (Lipinski definition) is 3. The zero-order valence-corrected chi connectivity index (χ0v) is 13.5. The number of aliphatic imine (C=N–C) groups is 1. The maximum atomic E-state index is 10.3. The van der Waals surface area contributed by atoms with Crippen molar-refractivity contribution in [3.63, 3.8) is 0 Å². The summed E-state index contributed by atoms with van der Waals surface area (Å²) in [7, 11) is 7.81. The summed E-state index contributed by atoms with van der Waals surface area (Å²) in [6.45, 7) is 1.71. The smallest absolute Gasteiger partial charge is 0.195 e. The van der Waals surface area contributed by atoms with Crippen LogP contribution in [0, 0.1) is 0 Å². The summed E-state index contributed by atoms with van der Waals surface area (Å²) in [5.74, 6) is 0.875. The molecule has 1 heterocycles. The summed E-state index contributed by atoms with van der Waals surface area (Å²) in [6, 6.07) is 0. The summed E-state index contributed by atoms with van der Waals surface area (Å²) < 4.78 is 5.24. The molecule has 0 radical (unpaired) electrons. The van der Waals surface area contributed by atoms with E-state index in [1.165, 1.54) is 0 Å². The summed E-state index contributed by atoms with van der Waals surface area (Å²) in [5, 5.41) is 10.3. The SMILES string of the molecule is CN(C)C(=NCC1(O)CCOCC1)N(C)C.I. The molecule has 0 aromatic rings. The molecule has 0 aromatic carbocycles. The molecule has 102 valence electrons. The fraction of sp³-hybridized carbons (Fsp3) is 0.909. The quantitative estimate of drug-likeness (QED) is 0.447. The van der Waals surface area contributed by atoms with E-state index in [-0.39, 0.29) is 24.0 Å². The van der Waals surface area contributed by atoms with Crippen molar-refractivity contribution in [2.75, 3.05) is 47.9 Å². The molecule has 6 heteroatoms. The number of rotatable bonds is 2. The van der Waals surface area contributed by atoms with Crippen LogP contribution >= 0.6 is 24.0 Å². The molecule has 0 aliphatic carbocycles. The average molecular weight is 357 g/mol. The van der Waals surface area contributed by atoms with E-state index in [1.807, 2.05) is 38.0 Å². The molecule has 0 saturated carbocycles. The van der Waals surface area contributed by atoms with Crippen molar-refractivity contribution >= 4 is 29.9 Å². The zero-order chi connectivity index (χ0) is 12.2. The molecule has 0 spiro atoms. The van der Waals surface area contributed by atoms with Crippen molar-refractivity contribution in [1.82, 2.24) is 9.80 Å². The lowest BCUT2D eigenvalue weighted by Gasteiger charge is -2.31. The maximum Gasteiger partial charge on any atom is 0.195 e. The highest BCUT2D eigenvalue weighted by Crippen LogP contribution is 2.20. The molecule has 0 atom stereocenters. The second-order valence-corrected chi connectivity index (χ2v) is 4.74. The third-order valence-electron chi connectivity index (χ3n) is 2.74. The molecule has 1 fully saturated rings. The van der Waals surface area contributed by atoms with Gasteiger partial charge in [-0.3, -0.25) is 0 Å². The summed E-state index contributed by atoms with van der Waals surface area (Å²) in [5.41, 5.74) is -0.685. The Labute approximate surface area is 121 Å². The molecule has 17 heavy (non-hydrogen) atoms. The zero-order valence-electron chi connectivity index (χ0n) is 11.1. The van der Waals surface area contributed by atoms with E-state index in [4.69, 9.17) is 4.74 Å². The summed E-state index contributed by atoms with van der Waals surface area (Å²) in [4.78, 5) is 8.38. The minimum atomic E-state index is -0.685. The van der Waals surface area contributed by atoms with Crippen molar-refractivity contribution in [2.45, 2.75) is 18.4 Å². The van der Waals surface area contributed by atoms with E-state index in [0.29, 0.717) is 32.6 Å². The van der Waals surface area contributed by atoms with Crippen molar-refractivity contribution < 1.29 is 9.84 Å². The first kappa shape index (κ1) is 16.9. The molecule has 1 aliphatic rings. The van der Waals surface area contributed by atoms with Crippen LogP contribution in [0.1, 0.15) is 12.8 Å². The Hall–Kier alpha value is -0.0800. The second kappa shape index (κ2) is 7.38. The highest BCUT2D eigenvalue weighted by Gasteiger charge is 2.29. The van der Waals surface area contributed by atoms with Crippen LogP contribution in [-0.2, 0) is 4.74 Å². The number of hydrogen-bond donors (Lipinski definition) is 1. The normalized spacial score (nSPS) is 17.9. The first-order valence-corrected chi connectivity index (χ1v) is 5.64. The maximum absolute atomic E-state index is 10.3. The Morgan fingerprint density at radius 1 is 1.18 bits per heavy atom. The number of nitrogens with zero attached hydrogens (tertiary/aromatic N) is 3.